The lowest BCUT2D eigenvalue weighted by atomic mass is 10.1. The summed E-state index contributed by atoms with van der Waals surface area (Å²) in [6, 6.07) is 13.7. The summed E-state index contributed by atoms with van der Waals surface area (Å²) in [4.78, 5) is 16.4. The summed E-state index contributed by atoms with van der Waals surface area (Å²) in [6.07, 6.45) is 0.413. The molecule has 0 saturated heterocycles. The van der Waals surface area contributed by atoms with Gasteiger partial charge in [-0.1, -0.05) is 30.0 Å². The van der Waals surface area contributed by atoms with E-state index in [4.69, 9.17) is 4.42 Å². The lowest BCUT2D eigenvalue weighted by molar-refractivity contribution is -0.115. The van der Waals surface area contributed by atoms with Gasteiger partial charge >= 0.3 is 0 Å². The molecule has 1 amide bonds. The molecular weight excluding hydrogens is 308 g/mol. The van der Waals surface area contributed by atoms with E-state index in [0.29, 0.717) is 17.4 Å². The highest BCUT2D eigenvalue weighted by molar-refractivity contribution is 7.99. The van der Waals surface area contributed by atoms with Gasteiger partial charge in [-0.05, 0) is 49.2 Å². The second-order valence-corrected chi connectivity index (χ2v) is 6.52. The minimum atomic E-state index is -0.00129. The molecule has 0 unspecified atom stereocenters. The molecular formula is C18H18N2O2S. The van der Waals surface area contributed by atoms with E-state index in [9.17, 15) is 4.79 Å². The Labute approximate surface area is 139 Å². The Kier molecular flexibility index (Phi) is 4.67. The molecule has 5 heteroatoms. The Balaban J connectivity index is 1.52. The highest BCUT2D eigenvalue weighted by Gasteiger charge is 2.08. The summed E-state index contributed by atoms with van der Waals surface area (Å²) >= 11 is 1.45. The number of carbonyl (C=O) groups excluding carboxylic acids is 1. The number of fused-ring (bicyclic) bond motifs is 1. The number of oxazole rings is 1. The van der Waals surface area contributed by atoms with Crippen molar-refractivity contribution in [1.82, 2.24) is 4.98 Å². The van der Waals surface area contributed by atoms with Crippen LogP contribution in [0.25, 0.3) is 11.1 Å². The zero-order valence-electron chi connectivity index (χ0n) is 13.1. The van der Waals surface area contributed by atoms with Crippen molar-refractivity contribution in [2.75, 3.05) is 11.1 Å². The van der Waals surface area contributed by atoms with Gasteiger partial charge in [0.1, 0.15) is 5.52 Å². The number of rotatable bonds is 5. The molecule has 1 N–H and O–H groups in total. The number of hydrogen-bond acceptors (Lipinski definition) is 4. The van der Waals surface area contributed by atoms with E-state index in [-0.39, 0.29) is 5.91 Å². The molecule has 0 atom stereocenters. The highest BCUT2D eigenvalue weighted by atomic mass is 32.2. The van der Waals surface area contributed by atoms with Crippen molar-refractivity contribution in [3.8, 4) is 0 Å². The average Bonchev–Trinajstić information content (AvgIpc) is 2.88. The van der Waals surface area contributed by atoms with E-state index >= 15 is 0 Å². The maximum absolute atomic E-state index is 12.0. The molecule has 0 spiro atoms. The van der Waals surface area contributed by atoms with Crippen LogP contribution >= 0.6 is 11.8 Å². The first-order chi connectivity index (χ1) is 11.1. The van der Waals surface area contributed by atoms with Crippen LogP contribution in [0.5, 0.6) is 0 Å². The molecule has 1 heterocycles. The van der Waals surface area contributed by atoms with Crippen molar-refractivity contribution < 1.29 is 9.21 Å². The molecule has 0 aliphatic rings. The zero-order valence-corrected chi connectivity index (χ0v) is 13.9. The number of nitrogens with zero attached hydrogens (tertiary/aromatic N) is 1. The molecule has 118 valence electrons. The van der Waals surface area contributed by atoms with Crippen molar-refractivity contribution >= 4 is 34.5 Å². The summed E-state index contributed by atoms with van der Waals surface area (Å²) in [6.45, 7) is 4.04. The van der Waals surface area contributed by atoms with Gasteiger partial charge in [0, 0.05) is 17.9 Å². The van der Waals surface area contributed by atoms with Gasteiger partial charge < -0.3 is 9.73 Å². The molecule has 0 radical (unpaired) electrons. The summed E-state index contributed by atoms with van der Waals surface area (Å²) in [5, 5.41) is 3.54. The van der Waals surface area contributed by atoms with Crippen molar-refractivity contribution in [2.24, 2.45) is 0 Å². The molecule has 3 aromatic rings. The number of amides is 1. The number of benzene rings is 2. The van der Waals surface area contributed by atoms with E-state index in [0.717, 1.165) is 27.9 Å². The topological polar surface area (TPSA) is 55.1 Å². The van der Waals surface area contributed by atoms with Gasteiger partial charge in [-0.15, -0.1) is 0 Å². The van der Waals surface area contributed by atoms with Crippen LogP contribution in [0.3, 0.4) is 0 Å². The lowest BCUT2D eigenvalue weighted by Gasteiger charge is -2.07. The summed E-state index contributed by atoms with van der Waals surface area (Å²) in [7, 11) is 0. The molecule has 2 aromatic carbocycles. The van der Waals surface area contributed by atoms with Gasteiger partial charge in [-0.3, -0.25) is 4.79 Å². The Morgan fingerprint density at radius 3 is 2.65 bits per heavy atom. The minimum absolute atomic E-state index is 0.00129. The number of thioether (sulfide) groups is 1. The van der Waals surface area contributed by atoms with Crippen LogP contribution in [0.15, 0.2) is 52.1 Å². The third kappa shape index (κ3) is 4.13. The monoisotopic (exact) mass is 326 g/mol. The first kappa shape index (κ1) is 15.6. The molecule has 4 nitrogen and oxygen atoms in total. The first-order valence-electron chi connectivity index (χ1n) is 7.47. The molecule has 23 heavy (non-hydrogen) atoms. The van der Waals surface area contributed by atoms with Crippen molar-refractivity contribution in [2.45, 2.75) is 25.5 Å². The number of anilines is 1. The minimum Gasteiger partial charge on any atom is -0.431 e. The second-order valence-electron chi connectivity index (χ2n) is 5.47. The summed E-state index contributed by atoms with van der Waals surface area (Å²) in [5.74, 6) is 0.627. The standard InChI is InChI=1S/C18H18N2O2S/c1-12-9-13(2)11-14(10-12)19-17(21)7-8-23-18-20-15-5-3-4-6-16(15)22-18/h3-6,9-11H,7-8H2,1-2H3,(H,19,21). The van der Waals surface area contributed by atoms with Crippen LogP contribution < -0.4 is 5.32 Å². The third-order valence-electron chi connectivity index (χ3n) is 3.33. The largest absolute Gasteiger partial charge is 0.431 e. The SMILES string of the molecule is Cc1cc(C)cc(NC(=O)CCSc2nc3ccccc3o2)c1. The van der Waals surface area contributed by atoms with Crippen molar-refractivity contribution in [3.63, 3.8) is 0 Å². The number of aryl methyl sites for hydroxylation is 2. The predicted octanol–water partition coefficient (Wildman–Crippen LogP) is 4.57. The maximum atomic E-state index is 12.0. The van der Waals surface area contributed by atoms with E-state index < -0.39 is 0 Å². The molecule has 3 rings (SSSR count). The normalized spacial score (nSPS) is 10.9. The third-order valence-corrected chi connectivity index (χ3v) is 4.16. The number of aromatic nitrogens is 1. The van der Waals surface area contributed by atoms with Crippen LogP contribution in [0.4, 0.5) is 5.69 Å². The maximum Gasteiger partial charge on any atom is 0.256 e. The quantitative estimate of drug-likeness (QED) is 0.698. The molecule has 1 aromatic heterocycles. The fourth-order valence-corrected chi connectivity index (χ4v) is 3.19. The van der Waals surface area contributed by atoms with Gasteiger partial charge in [-0.25, -0.2) is 4.98 Å². The number of carbonyl (C=O) groups is 1. The fourth-order valence-electron chi connectivity index (χ4n) is 2.41. The van der Waals surface area contributed by atoms with Crippen LogP contribution in [-0.4, -0.2) is 16.6 Å². The van der Waals surface area contributed by atoms with E-state index in [1.54, 1.807) is 0 Å². The number of nitrogens with one attached hydrogen (secondary N) is 1. The van der Waals surface area contributed by atoms with Gasteiger partial charge in [0.15, 0.2) is 5.58 Å². The van der Waals surface area contributed by atoms with E-state index in [1.807, 2.05) is 50.2 Å². The van der Waals surface area contributed by atoms with Crippen LogP contribution in [0, 0.1) is 13.8 Å². The van der Waals surface area contributed by atoms with Crippen LogP contribution in [-0.2, 0) is 4.79 Å². The molecule has 0 aliphatic carbocycles. The van der Waals surface area contributed by atoms with E-state index in [1.165, 1.54) is 11.8 Å². The first-order valence-corrected chi connectivity index (χ1v) is 8.45. The van der Waals surface area contributed by atoms with Gasteiger partial charge in [0.2, 0.25) is 5.91 Å². The smallest absolute Gasteiger partial charge is 0.256 e. The Morgan fingerprint density at radius 1 is 1.17 bits per heavy atom. The molecule has 0 saturated carbocycles. The number of para-hydroxylation sites is 2. The van der Waals surface area contributed by atoms with E-state index in [2.05, 4.69) is 16.4 Å². The lowest BCUT2D eigenvalue weighted by Crippen LogP contribution is -2.12. The average molecular weight is 326 g/mol. The molecule has 0 bridgehead atoms. The predicted molar refractivity (Wildman–Crippen MR) is 93.9 cm³/mol. The zero-order chi connectivity index (χ0) is 16.2. The second kappa shape index (κ2) is 6.87. The van der Waals surface area contributed by atoms with Crippen molar-refractivity contribution in [1.29, 1.82) is 0 Å². The summed E-state index contributed by atoms with van der Waals surface area (Å²) in [5.41, 5.74) is 4.74. The number of hydrogen-bond donors (Lipinski definition) is 1. The van der Waals surface area contributed by atoms with Gasteiger partial charge in [0.05, 0.1) is 0 Å². The Bertz CT molecular complexity index is 789. The Morgan fingerprint density at radius 2 is 1.91 bits per heavy atom. The fraction of sp³-hybridized carbons (Fsp3) is 0.222. The van der Waals surface area contributed by atoms with Crippen LogP contribution in [0.1, 0.15) is 17.5 Å². The van der Waals surface area contributed by atoms with Gasteiger partial charge in [0.25, 0.3) is 5.22 Å². The van der Waals surface area contributed by atoms with Gasteiger partial charge in [-0.2, -0.15) is 0 Å². The highest BCUT2D eigenvalue weighted by Crippen LogP contribution is 2.23. The molecule has 0 aliphatic heterocycles. The van der Waals surface area contributed by atoms with Crippen LogP contribution in [0.2, 0.25) is 0 Å². The Hall–Kier alpha value is -2.27. The summed E-state index contributed by atoms with van der Waals surface area (Å²) < 4.78 is 5.62. The molecule has 0 fully saturated rings. The van der Waals surface area contributed by atoms with Crippen molar-refractivity contribution in [3.05, 3.63) is 53.6 Å².